The fraction of sp³-hybridized carbons (Fsp3) is 0.400. The van der Waals surface area contributed by atoms with E-state index < -0.39 is 0 Å². The lowest BCUT2D eigenvalue weighted by Crippen LogP contribution is -2.14. The third-order valence-corrected chi connectivity index (χ3v) is 4.10. The Kier molecular flexibility index (Phi) is 6.60. The van der Waals surface area contributed by atoms with E-state index in [1.807, 2.05) is 24.3 Å². The maximum atomic E-state index is 13.3. The Hall–Kier alpha value is -1.87. The van der Waals surface area contributed by atoms with Gasteiger partial charge in [0, 0.05) is 0 Å². The van der Waals surface area contributed by atoms with Gasteiger partial charge in [-0.3, -0.25) is 0 Å². The molecular formula is C20H26FNO. The van der Waals surface area contributed by atoms with Crippen molar-refractivity contribution in [3.05, 3.63) is 65.5 Å². The molecule has 2 nitrogen and oxygen atoms in total. The third-order valence-electron chi connectivity index (χ3n) is 4.10. The van der Waals surface area contributed by atoms with E-state index in [9.17, 15) is 4.39 Å². The van der Waals surface area contributed by atoms with Gasteiger partial charge < -0.3 is 10.5 Å². The van der Waals surface area contributed by atoms with Crippen molar-refractivity contribution in [2.45, 2.75) is 38.5 Å². The first kappa shape index (κ1) is 17.5. The van der Waals surface area contributed by atoms with E-state index in [0.717, 1.165) is 24.2 Å². The lowest BCUT2D eigenvalue weighted by atomic mass is 9.94. The topological polar surface area (TPSA) is 35.2 Å². The van der Waals surface area contributed by atoms with Gasteiger partial charge in [-0.15, -0.1) is 0 Å². The Labute approximate surface area is 138 Å². The van der Waals surface area contributed by atoms with Crippen molar-refractivity contribution < 1.29 is 9.13 Å². The Morgan fingerprint density at radius 2 is 1.87 bits per heavy atom. The molecule has 3 heteroatoms. The van der Waals surface area contributed by atoms with Gasteiger partial charge in [-0.2, -0.15) is 0 Å². The third kappa shape index (κ3) is 5.07. The van der Waals surface area contributed by atoms with Crippen LogP contribution in [0.5, 0.6) is 5.75 Å². The van der Waals surface area contributed by atoms with Crippen LogP contribution in [0.15, 0.2) is 48.5 Å². The number of ether oxygens (including phenoxy) is 1. The molecule has 0 aliphatic carbocycles. The monoisotopic (exact) mass is 315 g/mol. The Balaban J connectivity index is 1.87. The van der Waals surface area contributed by atoms with E-state index in [0.29, 0.717) is 19.1 Å². The molecule has 0 aliphatic heterocycles. The molecule has 0 amide bonds. The normalized spacial score (nSPS) is 12.4. The second-order valence-electron chi connectivity index (χ2n) is 6.17. The van der Waals surface area contributed by atoms with Crippen LogP contribution in [0.25, 0.3) is 0 Å². The Morgan fingerprint density at radius 3 is 2.57 bits per heavy atom. The zero-order chi connectivity index (χ0) is 16.7. The molecule has 0 fully saturated rings. The molecular weight excluding hydrogens is 289 g/mol. The van der Waals surface area contributed by atoms with Gasteiger partial charge in [0.2, 0.25) is 0 Å². The van der Waals surface area contributed by atoms with Gasteiger partial charge in [0.15, 0.2) is 0 Å². The van der Waals surface area contributed by atoms with Crippen LogP contribution in [0.3, 0.4) is 0 Å². The fourth-order valence-electron chi connectivity index (χ4n) is 2.78. The summed E-state index contributed by atoms with van der Waals surface area (Å²) in [5, 5.41) is 0. The van der Waals surface area contributed by atoms with Crippen LogP contribution < -0.4 is 10.5 Å². The van der Waals surface area contributed by atoms with Crippen molar-refractivity contribution in [3.8, 4) is 5.75 Å². The summed E-state index contributed by atoms with van der Waals surface area (Å²) in [7, 11) is 0. The molecule has 0 spiro atoms. The maximum absolute atomic E-state index is 13.3. The van der Waals surface area contributed by atoms with Gasteiger partial charge in [0.25, 0.3) is 0 Å². The average molecular weight is 315 g/mol. The van der Waals surface area contributed by atoms with Crippen LogP contribution in [0, 0.1) is 5.82 Å². The second-order valence-corrected chi connectivity index (χ2v) is 6.17. The van der Waals surface area contributed by atoms with Crippen molar-refractivity contribution >= 4 is 0 Å². The standard InChI is InChI=1S/C20H26FNO/c1-15(2)19-10-3-4-11-20(19)23-12-6-8-17(14-22)16-7-5-9-18(21)13-16/h3-5,7,9-11,13,15,17H,6,8,12,14,22H2,1-2H3. The van der Waals surface area contributed by atoms with Crippen molar-refractivity contribution in [3.63, 3.8) is 0 Å². The first-order valence-corrected chi connectivity index (χ1v) is 8.29. The molecule has 0 aliphatic rings. The quantitative estimate of drug-likeness (QED) is 0.707. The largest absolute Gasteiger partial charge is 0.493 e. The predicted octanol–water partition coefficient (Wildman–Crippen LogP) is 4.85. The van der Waals surface area contributed by atoms with Crippen LogP contribution >= 0.6 is 0 Å². The molecule has 124 valence electrons. The first-order chi connectivity index (χ1) is 11.1. The van der Waals surface area contributed by atoms with E-state index >= 15 is 0 Å². The van der Waals surface area contributed by atoms with Crippen LogP contribution in [-0.4, -0.2) is 13.2 Å². The number of rotatable bonds is 8. The molecule has 23 heavy (non-hydrogen) atoms. The van der Waals surface area contributed by atoms with E-state index in [1.54, 1.807) is 12.1 Å². The van der Waals surface area contributed by atoms with E-state index in [1.165, 1.54) is 11.6 Å². The molecule has 0 saturated heterocycles. The summed E-state index contributed by atoms with van der Waals surface area (Å²) in [6.07, 6.45) is 1.79. The summed E-state index contributed by atoms with van der Waals surface area (Å²) in [5.41, 5.74) is 8.05. The molecule has 2 rings (SSSR count). The minimum atomic E-state index is -0.205. The SMILES string of the molecule is CC(C)c1ccccc1OCCCC(CN)c1cccc(F)c1. The minimum absolute atomic E-state index is 0.176. The van der Waals surface area contributed by atoms with E-state index in [2.05, 4.69) is 19.9 Å². The summed E-state index contributed by atoms with van der Waals surface area (Å²) in [6.45, 7) is 5.49. The van der Waals surface area contributed by atoms with Gasteiger partial charge in [0.1, 0.15) is 11.6 Å². The Morgan fingerprint density at radius 1 is 1.09 bits per heavy atom. The zero-order valence-electron chi connectivity index (χ0n) is 14.0. The fourth-order valence-corrected chi connectivity index (χ4v) is 2.78. The smallest absolute Gasteiger partial charge is 0.123 e. The average Bonchev–Trinajstić information content (AvgIpc) is 2.55. The molecule has 1 atom stereocenters. The highest BCUT2D eigenvalue weighted by atomic mass is 19.1. The molecule has 0 saturated carbocycles. The van der Waals surface area contributed by atoms with Crippen molar-refractivity contribution in [2.24, 2.45) is 5.73 Å². The van der Waals surface area contributed by atoms with Crippen LogP contribution in [-0.2, 0) is 0 Å². The van der Waals surface area contributed by atoms with Gasteiger partial charge in [0.05, 0.1) is 6.61 Å². The minimum Gasteiger partial charge on any atom is -0.493 e. The molecule has 2 N–H and O–H groups in total. The maximum Gasteiger partial charge on any atom is 0.123 e. The summed E-state index contributed by atoms with van der Waals surface area (Å²) in [5.74, 6) is 1.37. The van der Waals surface area contributed by atoms with Crippen LogP contribution in [0.4, 0.5) is 4.39 Å². The number of para-hydroxylation sites is 1. The number of hydrogen-bond acceptors (Lipinski definition) is 2. The molecule has 0 heterocycles. The van der Waals surface area contributed by atoms with E-state index in [4.69, 9.17) is 10.5 Å². The predicted molar refractivity (Wildman–Crippen MR) is 93.5 cm³/mol. The molecule has 0 radical (unpaired) electrons. The Bertz CT molecular complexity index is 612. The summed E-state index contributed by atoms with van der Waals surface area (Å²) >= 11 is 0. The highest BCUT2D eigenvalue weighted by molar-refractivity contribution is 5.35. The summed E-state index contributed by atoms with van der Waals surface area (Å²) < 4.78 is 19.3. The van der Waals surface area contributed by atoms with Crippen LogP contribution in [0.2, 0.25) is 0 Å². The van der Waals surface area contributed by atoms with Gasteiger partial charge >= 0.3 is 0 Å². The summed E-state index contributed by atoms with van der Waals surface area (Å²) in [4.78, 5) is 0. The van der Waals surface area contributed by atoms with E-state index in [-0.39, 0.29) is 11.7 Å². The number of halogens is 1. The molecule has 2 aromatic rings. The highest BCUT2D eigenvalue weighted by Crippen LogP contribution is 2.26. The lowest BCUT2D eigenvalue weighted by molar-refractivity contribution is 0.298. The van der Waals surface area contributed by atoms with Crippen molar-refractivity contribution in [1.82, 2.24) is 0 Å². The highest BCUT2D eigenvalue weighted by Gasteiger charge is 2.11. The van der Waals surface area contributed by atoms with Gasteiger partial charge in [-0.05, 0) is 60.5 Å². The molecule has 2 aromatic carbocycles. The second kappa shape index (κ2) is 8.68. The van der Waals surface area contributed by atoms with Gasteiger partial charge in [-0.25, -0.2) is 4.39 Å². The van der Waals surface area contributed by atoms with Crippen molar-refractivity contribution in [2.75, 3.05) is 13.2 Å². The van der Waals surface area contributed by atoms with Crippen molar-refractivity contribution in [1.29, 1.82) is 0 Å². The number of hydrogen-bond donors (Lipinski definition) is 1. The summed E-state index contributed by atoms with van der Waals surface area (Å²) in [6, 6.07) is 14.9. The lowest BCUT2D eigenvalue weighted by Gasteiger charge is -2.17. The molecule has 0 aromatic heterocycles. The van der Waals surface area contributed by atoms with Gasteiger partial charge in [-0.1, -0.05) is 44.2 Å². The van der Waals surface area contributed by atoms with Crippen LogP contribution in [0.1, 0.15) is 49.7 Å². The molecule has 1 unspecified atom stereocenters. The number of nitrogens with two attached hydrogens (primary N) is 1. The zero-order valence-corrected chi connectivity index (χ0v) is 14.0. The molecule has 0 bridgehead atoms. The first-order valence-electron chi connectivity index (χ1n) is 8.29. The number of benzene rings is 2.